The number of nitrogens with zero attached hydrogens (tertiary/aromatic N) is 1. The topological polar surface area (TPSA) is 33.1 Å². The summed E-state index contributed by atoms with van der Waals surface area (Å²) in [6.07, 6.45) is 0. The van der Waals surface area contributed by atoms with Crippen LogP contribution in [0.25, 0.3) is 32.9 Å². The Kier molecular flexibility index (Phi) is 2.83. The monoisotopic (exact) mass is 285 g/mol. The van der Waals surface area contributed by atoms with Crippen molar-refractivity contribution in [1.29, 1.82) is 0 Å². The second kappa shape index (κ2) is 4.85. The van der Waals surface area contributed by atoms with E-state index in [-0.39, 0.29) is 5.75 Å². The molecule has 2 heteroatoms. The van der Waals surface area contributed by atoms with Crippen LogP contribution in [-0.4, -0.2) is 10.1 Å². The van der Waals surface area contributed by atoms with Gasteiger partial charge in [0.15, 0.2) is 0 Å². The summed E-state index contributed by atoms with van der Waals surface area (Å²) in [5, 5.41) is 13.7. The lowest BCUT2D eigenvalue weighted by Gasteiger charge is -2.10. The Morgan fingerprint density at radius 2 is 1.64 bits per heavy atom. The Hall–Kier alpha value is -2.87. The maximum Gasteiger partial charge on any atom is 0.124 e. The largest absolute Gasteiger partial charge is 0.507 e. The number of hydrogen-bond acceptors (Lipinski definition) is 2. The summed E-state index contributed by atoms with van der Waals surface area (Å²) in [7, 11) is 0. The number of rotatable bonds is 1. The van der Waals surface area contributed by atoms with Gasteiger partial charge in [-0.15, -0.1) is 0 Å². The van der Waals surface area contributed by atoms with Crippen molar-refractivity contribution in [3.05, 3.63) is 72.3 Å². The Bertz CT molecular complexity index is 1000. The van der Waals surface area contributed by atoms with E-state index >= 15 is 0 Å². The third kappa shape index (κ3) is 1.92. The lowest BCUT2D eigenvalue weighted by molar-refractivity contribution is 0.477. The minimum Gasteiger partial charge on any atom is -0.507 e. The number of para-hydroxylation sites is 1. The molecule has 2 nitrogen and oxygen atoms in total. The molecular weight excluding hydrogens is 270 g/mol. The summed E-state index contributed by atoms with van der Waals surface area (Å²) in [4.78, 5) is 4.76. The number of phenolic OH excluding ortho intramolecular Hbond substituents is 1. The highest BCUT2D eigenvalue weighted by Crippen LogP contribution is 2.33. The predicted molar refractivity (Wildman–Crippen MR) is 91.1 cm³/mol. The highest BCUT2D eigenvalue weighted by molar-refractivity contribution is 6.08. The minimum absolute atomic E-state index is 0.259. The fourth-order valence-corrected chi connectivity index (χ4v) is 3.04. The van der Waals surface area contributed by atoms with Crippen molar-refractivity contribution in [3.63, 3.8) is 0 Å². The van der Waals surface area contributed by atoms with E-state index in [1.807, 2.05) is 36.4 Å². The number of aromatic hydroxyl groups is 1. The molecule has 0 saturated carbocycles. The van der Waals surface area contributed by atoms with Gasteiger partial charge in [-0.05, 0) is 47.5 Å². The van der Waals surface area contributed by atoms with Gasteiger partial charge < -0.3 is 5.11 Å². The van der Waals surface area contributed by atoms with Crippen LogP contribution in [-0.2, 0) is 0 Å². The summed E-state index contributed by atoms with van der Waals surface area (Å²) in [5.74, 6) is 0.259. The van der Waals surface area contributed by atoms with E-state index < -0.39 is 0 Å². The molecule has 0 aliphatic rings. The Balaban J connectivity index is 2.06. The summed E-state index contributed by atoms with van der Waals surface area (Å²) in [6.45, 7) is 2.10. The average Bonchev–Trinajstić information content (AvgIpc) is 2.54. The number of pyridine rings is 1. The van der Waals surface area contributed by atoms with Gasteiger partial charge >= 0.3 is 0 Å². The average molecular weight is 285 g/mol. The molecule has 0 fully saturated rings. The molecule has 0 amide bonds. The quantitative estimate of drug-likeness (QED) is 0.495. The molecule has 1 N–H and O–H groups in total. The first-order valence-electron chi connectivity index (χ1n) is 7.31. The Labute approximate surface area is 128 Å². The third-order valence-electron chi connectivity index (χ3n) is 4.08. The van der Waals surface area contributed by atoms with Crippen molar-refractivity contribution in [2.75, 3.05) is 0 Å². The summed E-state index contributed by atoms with van der Waals surface area (Å²) < 4.78 is 0. The molecule has 0 spiro atoms. The SMILES string of the molecule is Cc1cc(-c2ccccc2O)nc2ccc3ccccc3c12. The van der Waals surface area contributed by atoms with E-state index in [4.69, 9.17) is 4.98 Å². The second-order valence-corrected chi connectivity index (χ2v) is 5.52. The molecule has 1 aromatic heterocycles. The van der Waals surface area contributed by atoms with E-state index in [1.54, 1.807) is 6.07 Å². The van der Waals surface area contributed by atoms with Crippen LogP contribution < -0.4 is 0 Å². The first kappa shape index (κ1) is 12.8. The highest BCUT2D eigenvalue weighted by atomic mass is 16.3. The molecule has 0 radical (unpaired) electrons. The molecule has 0 saturated heterocycles. The van der Waals surface area contributed by atoms with Gasteiger partial charge in [-0.3, -0.25) is 0 Å². The zero-order valence-corrected chi connectivity index (χ0v) is 12.2. The molecule has 1 heterocycles. The third-order valence-corrected chi connectivity index (χ3v) is 4.08. The number of aromatic nitrogens is 1. The zero-order valence-electron chi connectivity index (χ0n) is 12.2. The molecule has 3 aromatic carbocycles. The first-order valence-corrected chi connectivity index (χ1v) is 7.31. The zero-order chi connectivity index (χ0) is 15.1. The van der Waals surface area contributed by atoms with Gasteiger partial charge in [-0.2, -0.15) is 0 Å². The van der Waals surface area contributed by atoms with Crippen molar-refractivity contribution in [2.45, 2.75) is 6.92 Å². The van der Waals surface area contributed by atoms with E-state index in [2.05, 4.69) is 31.2 Å². The van der Waals surface area contributed by atoms with Gasteiger partial charge in [0.25, 0.3) is 0 Å². The van der Waals surface area contributed by atoms with Crippen LogP contribution in [0.2, 0.25) is 0 Å². The fourth-order valence-electron chi connectivity index (χ4n) is 3.04. The van der Waals surface area contributed by atoms with Crippen LogP contribution >= 0.6 is 0 Å². The van der Waals surface area contributed by atoms with Crippen LogP contribution in [0.15, 0.2) is 66.7 Å². The summed E-state index contributed by atoms with van der Waals surface area (Å²) in [5.41, 5.74) is 3.69. The van der Waals surface area contributed by atoms with Crippen LogP contribution in [0, 0.1) is 6.92 Å². The standard InChI is InChI=1S/C20H15NO/c1-13-12-18(16-8-4-5-9-19(16)22)21-17-11-10-14-6-2-3-7-15(14)20(13)17/h2-12,22H,1H3. The van der Waals surface area contributed by atoms with Crippen LogP contribution in [0.5, 0.6) is 5.75 Å². The van der Waals surface area contributed by atoms with Crippen molar-refractivity contribution in [1.82, 2.24) is 4.98 Å². The van der Waals surface area contributed by atoms with Gasteiger partial charge in [0.1, 0.15) is 5.75 Å². The van der Waals surface area contributed by atoms with Crippen molar-refractivity contribution >= 4 is 21.7 Å². The number of fused-ring (bicyclic) bond motifs is 3. The number of phenols is 1. The predicted octanol–water partition coefficient (Wildman–Crippen LogP) is 5.07. The van der Waals surface area contributed by atoms with Crippen LogP contribution in [0.1, 0.15) is 5.56 Å². The van der Waals surface area contributed by atoms with Crippen molar-refractivity contribution < 1.29 is 5.11 Å². The molecule has 0 bridgehead atoms. The molecule has 0 aliphatic heterocycles. The van der Waals surface area contributed by atoms with Gasteiger partial charge in [-0.25, -0.2) is 4.98 Å². The summed E-state index contributed by atoms with van der Waals surface area (Å²) in [6, 6.07) is 21.9. The van der Waals surface area contributed by atoms with E-state index in [0.29, 0.717) is 0 Å². The Morgan fingerprint density at radius 3 is 2.50 bits per heavy atom. The molecule has 0 atom stereocenters. The lowest BCUT2D eigenvalue weighted by Crippen LogP contribution is -1.90. The second-order valence-electron chi connectivity index (χ2n) is 5.52. The van der Waals surface area contributed by atoms with Crippen LogP contribution in [0.3, 0.4) is 0 Å². The fraction of sp³-hybridized carbons (Fsp3) is 0.0500. The maximum atomic E-state index is 10.1. The maximum absolute atomic E-state index is 10.1. The molecule has 0 unspecified atom stereocenters. The summed E-state index contributed by atoms with van der Waals surface area (Å²) >= 11 is 0. The van der Waals surface area contributed by atoms with Gasteiger partial charge in [0.05, 0.1) is 11.2 Å². The van der Waals surface area contributed by atoms with Crippen molar-refractivity contribution in [3.8, 4) is 17.0 Å². The minimum atomic E-state index is 0.259. The highest BCUT2D eigenvalue weighted by Gasteiger charge is 2.10. The normalized spacial score (nSPS) is 11.1. The van der Waals surface area contributed by atoms with E-state index in [1.165, 1.54) is 21.7 Å². The van der Waals surface area contributed by atoms with Gasteiger partial charge in [0.2, 0.25) is 0 Å². The molecular formula is C20H15NO. The first-order chi connectivity index (χ1) is 10.7. The van der Waals surface area contributed by atoms with Crippen LogP contribution in [0.4, 0.5) is 0 Å². The number of hydrogen-bond donors (Lipinski definition) is 1. The Morgan fingerprint density at radius 1 is 0.864 bits per heavy atom. The molecule has 106 valence electrons. The molecule has 4 rings (SSSR count). The van der Waals surface area contributed by atoms with Gasteiger partial charge in [-0.1, -0.05) is 42.5 Å². The number of aryl methyl sites for hydroxylation is 1. The van der Waals surface area contributed by atoms with Crippen molar-refractivity contribution in [2.24, 2.45) is 0 Å². The van der Waals surface area contributed by atoms with E-state index in [9.17, 15) is 5.11 Å². The lowest BCUT2D eigenvalue weighted by atomic mass is 9.99. The number of benzene rings is 3. The molecule has 22 heavy (non-hydrogen) atoms. The molecule has 0 aliphatic carbocycles. The van der Waals surface area contributed by atoms with Gasteiger partial charge in [0, 0.05) is 10.9 Å². The smallest absolute Gasteiger partial charge is 0.124 e. The van der Waals surface area contributed by atoms with E-state index in [0.717, 1.165) is 16.8 Å². The molecule has 4 aromatic rings.